The molecule has 8 nitrogen and oxygen atoms in total. The lowest BCUT2D eigenvalue weighted by Gasteiger charge is -2.10. The SMILES string of the molecule is CNc1n[s+]([O-])nc1NC/C(O)=C/Cc1cc(CN(C)C)ccn1. The first-order chi connectivity index (χ1) is 11.5. The topological polar surface area (TPSA) is 109 Å². The summed E-state index contributed by atoms with van der Waals surface area (Å²) in [5, 5.41) is 15.7. The predicted molar refractivity (Wildman–Crippen MR) is 94.8 cm³/mol. The number of hydrogen-bond donors (Lipinski definition) is 3. The van der Waals surface area contributed by atoms with Gasteiger partial charge in [-0.3, -0.25) is 4.98 Å². The highest BCUT2D eigenvalue weighted by atomic mass is 32.2. The van der Waals surface area contributed by atoms with Crippen molar-refractivity contribution in [1.82, 2.24) is 18.6 Å². The molecule has 0 fully saturated rings. The van der Waals surface area contributed by atoms with E-state index in [1.165, 1.54) is 5.56 Å². The van der Waals surface area contributed by atoms with Gasteiger partial charge >= 0.3 is 0 Å². The highest BCUT2D eigenvalue weighted by molar-refractivity contribution is 7.14. The molecule has 0 amide bonds. The second-order valence-electron chi connectivity index (χ2n) is 5.51. The monoisotopic (exact) mass is 350 g/mol. The molecule has 9 heteroatoms. The third-order valence-corrected chi connectivity index (χ3v) is 3.84. The summed E-state index contributed by atoms with van der Waals surface area (Å²) in [6.45, 7) is 1.02. The zero-order chi connectivity index (χ0) is 17.5. The second-order valence-corrected chi connectivity index (χ2v) is 6.33. The third kappa shape index (κ3) is 5.44. The van der Waals surface area contributed by atoms with Crippen molar-refractivity contribution in [2.75, 3.05) is 38.3 Å². The van der Waals surface area contributed by atoms with Crippen molar-refractivity contribution in [3.8, 4) is 0 Å². The minimum Gasteiger partial charge on any atom is -0.546 e. The van der Waals surface area contributed by atoms with E-state index in [9.17, 15) is 9.66 Å². The first kappa shape index (κ1) is 18.1. The zero-order valence-corrected chi connectivity index (χ0v) is 14.8. The van der Waals surface area contributed by atoms with Gasteiger partial charge in [0.2, 0.25) is 11.6 Å². The number of anilines is 2. The van der Waals surface area contributed by atoms with E-state index >= 15 is 0 Å². The molecule has 0 spiro atoms. The highest BCUT2D eigenvalue weighted by Crippen LogP contribution is 2.21. The number of aliphatic hydroxyl groups is 1. The summed E-state index contributed by atoms with van der Waals surface area (Å²) in [6.07, 6.45) is 3.99. The highest BCUT2D eigenvalue weighted by Gasteiger charge is 2.13. The van der Waals surface area contributed by atoms with Gasteiger partial charge in [-0.1, -0.05) is 0 Å². The zero-order valence-electron chi connectivity index (χ0n) is 14.0. The van der Waals surface area contributed by atoms with E-state index in [0.717, 1.165) is 12.2 Å². The molecule has 2 heterocycles. The molecule has 0 bridgehead atoms. The fourth-order valence-electron chi connectivity index (χ4n) is 2.12. The second kappa shape index (κ2) is 8.57. The molecule has 2 aromatic rings. The van der Waals surface area contributed by atoms with Crippen LogP contribution in [0.1, 0.15) is 11.3 Å². The van der Waals surface area contributed by atoms with E-state index in [1.807, 2.05) is 26.2 Å². The molecular formula is C15H22N6O2S. The van der Waals surface area contributed by atoms with Gasteiger partial charge in [-0.15, -0.1) is 0 Å². The summed E-state index contributed by atoms with van der Waals surface area (Å²) in [7, 11) is 5.69. The molecule has 2 aromatic heterocycles. The van der Waals surface area contributed by atoms with Gasteiger partial charge in [0.1, 0.15) is 5.76 Å². The van der Waals surface area contributed by atoms with E-state index < -0.39 is 11.1 Å². The maximum Gasteiger partial charge on any atom is 0.233 e. The van der Waals surface area contributed by atoms with Crippen molar-refractivity contribution in [2.45, 2.75) is 13.0 Å². The molecule has 0 aliphatic carbocycles. The molecule has 0 aliphatic heterocycles. The van der Waals surface area contributed by atoms with Gasteiger partial charge in [0, 0.05) is 40.7 Å². The molecule has 130 valence electrons. The summed E-state index contributed by atoms with van der Waals surface area (Å²) in [5.41, 5.74) is 2.06. The van der Waals surface area contributed by atoms with Crippen LogP contribution in [-0.4, -0.2) is 56.0 Å². The third-order valence-electron chi connectivity index (χ3n) is 3.16. The number of nitrogens with one attached hydrogen (secondary N) is 2. The van der Waals surface area contributed by atoms with Crippen LogP contribution >= 0.6 is 11.1 Å². The number of rotatable bonds is 8. The number of nitrogens with zero attached hydrogens (tertiary/aromatic N) is 4. The molecule has 3 N–H and O–H groups in total. The van der Waals surface area contributed by atoms with E-state index in [2.05, 4.69) is 29.3 Å². The fraction of sp³-hybridized carbons (Fsp3) is 0.400. The van der Waals surface area contributed by atoms with Crippen LogP contribution in [0.15, 0.2) is 30.2 Å². The summed E-state index contributed by atoms with van der Waals surface area (Å²) in [6, 6.07) is 4.00. The van der Waals surface area contributed by atoms with Crippen LogP contribution in [0.3, 0.4) is 0 Å². The van der Waals surface area contributed by atoms with Crippen LogP contribution in [0, 0.1) is 0 Å². The summed E-state index contributed by atoms with van der Waals surface area (Å²) in [5.74, 6) is 0.951. The number of aliphatic hydroxyl groups excluding tert-OH is 1. The Morgan fingerprint density at radius 3 is 2.83 bits per heavy atom. The predicted octanol–water partition coefficient (Wildman–Crippen LogP) is 1.80. The Labute approximate surface area is 144 Å². The maximum atomic E-state index is 11.3. The van der Waals surface area contributed by atoms with Crippen LogP contribution in [0.5, 0.6) is 0 Å². The largest absolute Gasteiger partial charge is 0.546 e. The number of aromatic nitrogens is 3. The van der Waals surface area contributed by atoms with Gasteiger partial charge in [0.25, 0.3) is 0 Å². The lowest BCUT2D eigenvalue weighted by molar-refractivity contribution is 0.401. The number of pyridine rings is 1. The van der Waals surface area contributed by atoms with Crippen molar-refractivity contribution in [2.24, 2.45) is 0 Å². The maximum absolute atomic E-state index is 11.3. The Balaban J connectivity index is 1.91. The Bertz CT molecular complexity index is 701. The molecule has 0 radical (unpaired) electrons. The van der Waals surface area contributed by atoms with Crippen molar-refractivity contribution in [3.05, 3.63) is 41.4 Å². The average molecular weight is 350 g/mol. The molecule has 2 rings (SSSR count). The summed E-state index contributed by atoms with van der Waals surface area (Å²) >= 11 is -1.60. The van der Waals surface area contributed by atoms with Crippen LogP contribution in [0.25, 0.3) is 0 Å². The Kier molecular flexibility index (Phi) is 6.47. The number of hydrogen-bond acceptors (Lipinski definition) is 8. The molecule has 1 unspecified atom stereocenters. The molecule has 0 saturated carbocycles. The summed E-state index contributed by atoms with van der Waals surface area (Å²) in [4.78, 5) is 6.39. The molecule has 24 heavy (non-hydrogen) atoms. The molecule has 0 aliphatic rings. The van der Waals surface area contributed by atoms with E-state index in [1.54, 1.807) is 19.3 Å². The van der Waals surface area contributed by atoms with Gasteiger partial charge < -0.3 is 25.2 Å². The minimum absolute atomic E-state index is 0.158. The van der Waals surface area contributed by atoms with Gasteiger partial charge in [0.15, 0.2) is 11.1 Å². The Morgan fingerprint density at radius 1 is 1.38 bits per heavy atom. The smallest absolute Gasteiger partial charge is 0.233 e. The average Bonchev–Trinajstić information content (AvgIpc) is 2.90. The van der Waals surface area contributed by atoms with E-state index in [-0.39, 0.29) is 12.3 Å². The van der Waals surface area contributed by atoms with Crippen LogP contribution in [-0.2, 0) is 13.0 Å². The molecular weight excluding hydrogens is 328 g/mol. The fourth-order valence-corrected chi connectivity index (χ4v) is 2.80. The van der Waals surface area contributed by atoms with Crippen molar-refractivity contribution in [3.63, 3.8) is 0 Å². The van der Waals surface area contributed by atoms with Crippen LogP contribution in [0.4, 0.5) is 11.6 Å². The Morgan fingerprint density at radius 2 is 2.12 bits per heavy atom. The quantitative estimate of drug-likeness (QED) is 0.488. The molecule has 0 aromatic carbocycles. The van der Waals surface area contributed by atoms with E-state index in [4.69, 9.17) is 0 Å². The molecule has 0 saturated heterocycles. The van der Waals surface area contributed by atoms with Crippen LogP contribution in [0.2, 0.25) is 0 Å². The number of allylic oxidation sites excluding steroid dienone is 1. The molecule has 1 atom stereocenters. The van der Waals surface area contributed by atoms with Crippen molar-refractivity contribution >= 4 is 22.8 Å². The summed E-state index contributed by atoms with van der Waals surface area (Å²) < 4.78 is 18.9. The van der Waals surface area contributed by atoms with E-state index in [0.29, 0.717) is 18.1 Å². The van der Waals surface area contributed by atoms with Crippen molar-refractivity contribution < 1.29 is 9.66 Å². The standard InChI is InChI=1S/C15H22N6O2S/c1-16-14-15(20-24(23)19-14)18-9-13(22)5-4-12-8-11(6-7-17-12)10-21(2)3/h5-8,22H,4,9-10H2,1-3H3,(H,16,19)(H,18,20)/b13-5-. The normalized spacial score (nSPS) is 12.5. The van der Waals surface area contributed by atoms with Crippen molar-refractivity contribution in [1.29, 1.82) is 0 Å². The first-order valence-electron chi connectivity index (χ1n) is 7.46. The van der Waals surface area contributed by atoms with Gasteiger partial charge in [-0.05, 0) is 37.9 Å². The Hall–Kier alpha value is -2.23. The lowest BCUT2D eigenvalue weighted by Crippen LogP contribution is -2.11. The minimum atomic E-state index is -1.60. The van der Waals surface area contributed by atoms with Gasteiger partial charge in [-0.2, -0.15) is 0 Å². The first-order valence-corrected chi connectivity index (χ1v) is 8.52. The van der Waals surface area contributed by atoms with Gasteiger partial charge in [0.05, 0.1) is 6.54 Å². The van der Waals surface area contributed by atoms with Crippen LogP contribution < -0.4 is 10.6 Å². The van der Waals surface area contributed by atoms with Gasteiger partial charge in [-0.25, -0.2) is 0 Å². The lowest BCUT2D eigenvalue weighted by atomic mass is 10.2.